The van der Waals surface area contributed by atoms with Gasteiger partial charge in [-0.2, -0.15) is 0 Å². The normalized spacial score (nSPS) is 17.9. The molecule has 1 unspecified atom stereocenters. The summed E-state index contributed by atoms with van der Waals surface area (Å²) in [5, 5.41) is 22.0. The summed E-state index contributed by atoms with van der Waals surface area (Å²) in [4.78, 5) is 27.7. The molecule has 1 saturated heterocycles. The maximum Gasteiger partial charge on any atom is 0.300 e. The Kier molecular flexibility index (Phi) is 6.00. The van der Waals surface area contributed by atoms with Crippen LogP contribution in [-0.2, 0) is 15.0 Å². The number of aliphatic hydroxyl groups excluding tert-OH is 1. The van der Waals surface area contributed by atoms with Crippen LogP contribution in [-0.4, -0.2) is 21.9 Å². The number of aliphatic hydroxyl groups is 1. The van der Waals surface area contributed by atoms with E-state index in [2.05, 4.69) is 20.8 Å². The fourth-order valence-corrected chi connectivity index (χ4v) is 4.28. The highest BCUT2D eigenvalue weighted by atomic mass is 35.5. The number of ketones is 1. The SMILES string of the molecule is Cc1ccc(/C(O)=C2\C(=O)C(=O)N(c3cc(Cl)ccc3O)C2c2ccc(C(C)(C)C)cc2)cc1. The third-order valence-electron chi connectivity index (χ3n) is 6.06. The number of aromatic hydroxyl groups is 1. The summed E-state index contributed by atoms with van der Waals surface area (Å²) in [6.07, 6.45) is 0. The molecule has 1 aliphatic rings. The lowest BCUT2D eigenvalue weighted by molar-refractivity contribution is -0.132. The lowest BCUT2D eigenvalue weighted by Gasteiger charge is -2.27. The van der Waals surface area contributed by atoms with Crippen LogP contribution in [0.15, 0.2) is 72.3 Å². The highest BCUT2D eigenvalue weighted by molar-refractivity contribution is 6.52. The minimum atomic E-state index is -0.945. The van der Waals surface area contributed by atoms with Crippen molar-refractivity contribution in [1.29, 1.82) is 0 Å². The number of aryl methyl sites for hydroxylation is 1. The number of carbonyl (C=O) groups is 2. The Morgan fingerprint density at radius 3 is 2.15 bits per heavy atom. The van der Waals surface area contributed by atoms with E-state index in [1.807, 2.05) is 43.3 Å². The fourth-order valence-electron chi connectivity index (χ4n) is 4.12. The van der Waals surface area contributed by atoms with Crippen LogP contribution in [0.2, 0.25) is 5.02 Å². The molecule has 0 aromatic heterocycles. The molecule has 1 fully saturated rings. The van der Waals surface area contributed by atoms with Gasteiger partial charge in [-0.3, -0.25) is 14.5 Å². The molecule has 0 bridgehead atoms. The van der Waals surface area contributed by atoms with Gasteiger partial charge in [-0.15, -0.1) is 0 Å². The van der Waals surface area contributed by atoms with Gasteiger partial charge in [0.25, 0.3) is 11.7 Å². The molecule has 1 atom stereocenters. The van der Waals surface area contributed by atoms with Crippen LogP contribution in [0.25, 0.3) is 5.76 Å². The first-order valence-corrected chi connectivity index (χ1v) is 11.3. The third-order valence-corrected chi connectivity index (χ3v) is 6.29. The summed E-state index contributed by atoms with van der Waals surface area (Å²) in [5.41, 5.74) is 3.09. The van der Waals surface area contributed by atoms with Crippen molar-refractivity contribution in [3.63, 3.8) is 0 Å². The summed E-state index contributed by atoms with van der Waals surface area (Å²) < 4.78 is 0. The van der Waals surface area contributed by atoms with Crippen LogP contribution in [0, 0.1) is 6.92 Å². The van der Waals surface area contributed by atoms with Crippen LogP contribution >= 0.6 is 11.6 Å². The van der Waals surface area contributed by atoms with Crippen molar-refractivity contribution in [1.82, 2.24) is 0 Å². The van der Waals surface area contributed by atoms with Gasteiger partial charge < -0.3 is 10.2 Å². The van der Waals surface area contributed by atoms with Crippen LogP contribution in [0.3, 0.4) is 0 Å². The molecule has 174 valence electrons. The number of amides is 1. The minimum Gasteiger partial charge on any atom is -0.507 e. The Morgan fingerprint density at radius 1 is 0.941 bits per heavy atom. The molecule has 0 saturated carbocycles. The van der Waals surface area contributed by atoms with Gasteiger partial charge >= 0.3 is 0 Å². The second kappa shape index (κ2) is 8.65. The van der Waals surface area contributed by atoms with E-state index in [0.717, 1.165) is 11.1 Å². The number of hydrogen-bond acceptors (Lipinski definition) is 4. The van der Waals surface area contributed by atoms with Crippen molar-refractivity contribution >= 4 is 34.7 Å². The molecule has 1 amide bonds. The maximum absolute atomic E-state index is 13.3. The van der Waals surface area contributed by atoms with Crippen molar-refractivity contribution in [2.45, 2.75) is 39.2 Å². The van der Waals surface area contributed by atoms with E-state index in [1.165, 1.54) is 23.1 Å². The van der Waals surface area contributed by atoms with Crippen molar-refractivity contribution in [3.05, 3.63) is 99.6 Å². The number of phenols is 1. The van der Waals surface area contributed by atoms with Crippen LogP contribution in [0.1, 0.15) is 49.1 Å². The summed E-state index contributed by atoms with van der Waals surface area (Å²) in [5.74, 6) is -2.15. The molecule has 3 aromatic rings. The summed E-state index contributed by atoms with van der Waals surface area (Å²) >= 11 is 6.16. The summed E-state index contributed by atoms with van der Waals surface area (Å²) in [6, 6.07) is 18.0. The molecular weight excluding hydrogens is 450 g/mol. The predicted octanol–water partition coefficient (Wildman–Crippen LogP) is 6.28. The summed E-state index contributed by atoms with van der Waals surface area (Å²) in [6.45, 7) is 8.20. The highest BCUT2D eigenvalue weighted by Gasteiger charge is 2.47. The minimum absolute atomic E-state index is 0.0447. The van der Waals surface area contributed by atoms with E-state index in [-0.39, 0.29) is 28.2 Å². The first-order valence-electron chi connectivity index (χ1n) is 11.0. The van der Waals surface area contributed by atoms with Gasteiger partial charge in [-0.1, -0.05) is 86.5 Å². The highest BCUT2D eigenvalue weighted by Crippen LogP contribution is 2.45. The van der Waals surface area contributed by atoms with Gasteiger partial charge in [-0.05, 0) is 41.7 Å². The molecule has 0 spiro atoms. The smallest absolute Gasteiger partial charge is 0.300 e. The zero-order valence-electron chi connectivity index (χ0n) is 19.5. The molecule has 2 N–H and O–H groups in total. The molecule has 6 heteroatoms. The van der Waals surface area contributed by atoms with Gasteiger partial charge in [0.1, 0.15) is 11.5 Å². The monoisotopic (exact) mass is 475 g/mol. The van der Waals surface area contributed by atoms with E-state index in [4.69, 9.17) is 11.6 Å². The van der Waals surface area contributed by atoms with Gasteiger partial charge in [0, 0.05) is 10.6 Å². The van der Waals surface area contributed by atoms with Crippen molar-refractivity contribution < 1.29 is 19.8 Å². The zero-order chi connectivity index (χ0) is 24.8. The first-order chi connectivity index (χ1) is 16.0. The largest absolute Gasteiger partial charge is 0.507 e. The number of phenolic OH excluding ortho intramolecular Hbond substituents is 1. The van der Waals surface area contributed by atoms with Gasteiger partial charge in [0.2, 0.25) is 0 Å². The van der Waals surface area contributed by atoms with E-state index in [9.17, 15) is 19.8 Å². The molecule has 3 aromatic carbocycles. The number of hydrogen-bond donors (Lipinski definition) is 2. The van der Waals surface area contributed by atoms with Gasteiger partial charge in [0.05, 0.1) is 17.3 Å². The van der Waals surface area contributed by atoms with E-state index >= 15 is 0 Å². The molecule has 1 heterocycles. The van der Waals surface area contributed by atoms with Gasteiger partial charge in [0.15, 0.2) is 0 Å². The third kappa shape index (κ3) is 4.19. The predicted molar refractivity (Wildman–Crippen MR) is 134 cm³/mol. The number of halogens is 1. The number of Topliss-reactive ketones (excluding diaryl/α,β-unsaturated/α-hetero) is 1. The Hall–Kier alpha value is -3.57. The Morgan fingerprint density at radius 2 is 1.56 bits per heavy atom. The number of anilines is 1. The van der Waals surface area contributed by atoms with Crippen molar-refractivity contribution in [2.75, 3.05) is 4.90 Å². The molecule has 1 aliphatic heterocycles. The van der Waals surface area contributed by atoms with E-state index in [1.54, 1.807) is 12.1 Å². The average Bonchev–Trinajstić information content (AvgIpc) is 3.05. The number of carbonyl (C=O) groups excluding carboxylic acids is 2. The van der Waals surface area contributed by atoms with Crippen LogP contribution in [0.4, 0.5) is 5.69 Å². The lowest BCUT2D eigenvalue weighted by Crippen LogP contribution is -2.29. The Labute approximate surface area is 203 Å². The van der Waals surface area contributed by atoms with E-state index in [0.29, 0.717) is 16.1 Å². The zero-order valence-corrected chi connectivity index (χ0v) is 20.2. The Bertz CT molecular complexity index is 1300. The standard InChI is InChI=1S/C28H26ClNO4/c1-16-5-7-18(8-6-16)25(32)23-24(17-9-11-19(12-10-17)28(2,3)4)30(27(34)26(23)33)21-15-20(29)13-14-22(21)31/h5-15,24,31-32H,1-4H3/b25-23+. The van der Waals surface area contributed by atoms with Gasteiger partial charge in [-0.25, -0.2) is 0 Å². The van der Waals surface area contributed by atoms with Crippen molar-refractivity contribution in [2.24, 2.45) is 0 Å². The fraction of sp³-hybridized carbons (Fsp3) is 0.214. The van der Waals surface area contributed by atoms with Crippen LogP contribution < -0.4 is 4.90 Å². The first kappa shape index (κ1) is 23.6. The lowest BCUT2D eigenvalue weighted by atomic mass is 9.85. The quantitative estimate of drug-likeness (QED) is 0.265. The van der Waals surface area contributed by atoms with E-state index < -0.39 is 17.7 Å². The van der Waals surface area contributed by atoms with Crippen molar-refractivity contribution in [3.8, 4) is 5.75 Å². The molecule has 5 nitrogen and oxygen atoms in total. The topological polar surface area (TPSA) is 77.8 Å². The maximum atomic E-state index is 13.3. The average molecular weight is 476 g/mol. The number of benzene rings is 3. The number of rotatable bonds is 3. The molecule has 0 radical (unpaired) electrons. The second-order valence-corrected chi connectivity index (χ2v) is 9.98. The molecule has 34 heavy (non-hydrogen) atoms. The summed E-state index contributed by atoms with van der Waals surface area (Å²) in [7, 11) is 0. The Balaban J connectivity index is 1.96. The number of nitrogens with zero attached hydrogens (tertiary/aromatic N) is 1. The molecule has 0 aliphatic carbocycles. The van der Waals surface area contributed by atoms with Crippen LogP contribution in [0.5, 0.6) is 5.75 Å². The second-order valence-electron chi connectivity index (χ2n) is 9.54. The molecular formula is C28H26ClNO4. The molecule has 4 rings (SSSR count).